The highest BCUT2D eigenvalue weighted by Crippen LogP contribution is 2.15. The number of amides is 3. The number of imide groups is 1. The van der Waals surface area contributed by atoms with Crippen molar-refractivity contribution >= 4 is 23.9 Å². The molecule has 0 spiro atoms. The molecule has 0 aliphatic rings. The fraction of sp³-hybridized carbons (Fsp3) is 0.0714. The van der Waals surface area contributed by atoms with Crippen LogP contribution < -0.4 is 10.0 Å². The van der Waals surface area contributed by atoms with E-state index in [1.54, 1.807) is 36.5 Å². The first-order valence-electron chi connectivity index (χ1n) is 5.91. The monoisotopic (exact) mass is 287 g/mol. The van der Waals surface area contributed by atoms with Crippen LogP contribution in [0.1, 0.15) is 15.9 Å². The van der Waals surface area contributed by atoms with Gasteiger partial charge >= 0.3 is 6.03 Å². The van der Waals surface area contributed by atoms with Gasteiger partial charge in [-0.05, 0) is 30.7 Å². The number of carbonyl (C=O) groups is 2. The number of nitrogens with zero attached hydrogens (tertiary/aromatic N) is 1. The molecule has 5 nitrogen and oxygen atoms in total. The molecule has 0 bridgehead atoms. The fourth-order valence-electron chi connectivity index (χ4n) is 1.46. The molecule has 0 fully saturated rings. The quantitative estimate of drug-likeness (QED) is 0.851. The smallest absolute Gasteiger partial charge is 0.276 e. The fourth-order valence-corrected chi connectivity index (χ4v) is 2.05. The Morgan fingerprint density at radius 3 is 2.55 bits per heavy atom. The number of urea groups is 1. The molecule has 2 rings (SSSR count). The summed E-state index contributed by atoms with van der Waals surface area (Å²) in [5.41, 5.74) is 1.38. The third-order valence-corrected chi connectivity index (χ3v) is 3.37. The van der Waals surface area contributed by atoms with Gasteiger partial charge < -0.3 is 0 Å². The Morgan fingerprint density at radius 2 is 1.85 bits per heavy atom. The SMILES string of the molecule is Cc1cccnc1SNC(=O)NC(=O)c1ccccc1. The second-order valence-corrected chi connectivity index (χ2v) is 4.77. The summed E-state index contributed by atoms with van der Waals surface area (Å²) in [6.45, 7) is 1.89. The summed E-state index contributed by atoms with van der Waals surface area (Å²) in [4.78, 5) is 27.5. The summed E-state index contributed by atoms with van der Waals surface area (Å²) in [6.07, 6.45) is 1.64. The molecule has 0 saturated carbocycles. The van der Waals surface area contributed by atoms with Crippen LogP contribution in [0.2, 0.25) is 0 Å². The van der Waals surface area contributed by atoms with Gasteiger partial charge in [-0.15, -0.1) is 0 Å². The van der Waals surface area contributed by atoms with Gasteiger partial charge in [-0.1, -0.05) is 24.3 Å². The van der Waals surface area contributed by atoms with E-state index < -0.39 is 11.9 Å². The summed E-state index contributed by atoms with van der Waals surface area (Å²) in [6, 6.07) is 11.7. The lowest BCUT2D eigenvalue weighted by atomic mass is 10.2. The van der Waals surface area contributed by atoms with E-state index >= 15 is 0 Å². The molecular formula is C14H13N3O2S. The van der Waals surface area contributed by atoms with Crippen LogP contribution in [0.4, 0.5) is 4.79 Å². The topological polar surface area (TPSA) is 71.1 Å². The second-order valence-electron chi connectivity index (χ2n) is 3.98. The molecule has 1 heterocycles. The Balaban J connectivity index is 1.87. The van der Waals surface area contributed by atoms with Crippen LogP contribution in [0.3, 0.4) is 0 Å². The van der Waals surface area contributed by atoms with Gasteiger partial charge in [0.25, 0.3) is 5.91 Å². The molecular weight excluding hydrogens is 274 g/mol. The predicted molar refractivity (Wildman–Crippen MR) is 77.3 cm³/mol. The summed E-state index contributed by atoms with van der Waals surface area (Å²) < 4.78 is 2.52. The van der Waals surface area contributed by atoms with Gasteiger partial charge in [0, 0.05) is 23.7 Å². The maximum Gasteiger partial charge on any atom is 0.331 e. The standard InChI is InChI=1S/C14H13N3O2S/c1-10-6-5-9-15-13(10)20-17-14(19)16-12(18)11-7-3-2-4-8-11/h2-9H,1H3,(H2,16,17,18,19). The minimum absolute atomic E-state index is 0.432. The van der Waals surface area contributed by atoms with Crippen molar-refractivity contribution in [3.63, 3.8) is 0 Å². The molecule has 0 radical (unpaired) electrons. The van der Waals surface area contributed by atoms with E-state index in [1.165, 1.54) is 0 Å². The number of carbonyl (C=O) groups excluding carboxylic acids is 2. The van der Waals surface area contributed by atoms with Crippen LogP contribution in [-0.4, -0.2) is 16.9 Å². The zero-order chi connectivity index (χ0) is 14.4. The van der Waals surface area contributed by atoms with Crippen molar-refractivity contribution in [2.45, 2.75) is 11.9 Å². The Bertz CT molecular complexity index is 617. The minimum atomic E-state index is -0.575. The van der Waals surface area contributed by atoms with Crippen molar-refractivity contribution in [3.05, 3.63) is 59.8 Å². The van der Waals surface area contributed by atoms with Crippen molar-refractivity contribution in [2.24, 2.45) is 0 Å². The number of nitrogens with one attached hydrogen (secondary N) is 2. The van der Waals surface area contributed by atoms with E-state index in [0.29, 0.717) is 10.6 Å². The average molecular weight is 287 g/mol. The normalized spacial score (nSPS) is 9.85. The molecule has 6 heteroatoms. The van der Waals surface area contributed by atoms with Crippen molar-refractivity contribution in [1.82, 2.24) is 15.0 Å². The lowest BCUT2D eigenvalue weighted by Crippen LogP contribution is -2.36. The molecule has 0 aliphatic heterocycles. The first-order chi connectivity index (χ1) is 9.66. The first-order valence-corrected chi connectivity index (χ1v) is 6.73. The molecule has 0 atom stereocenters. The average Bonchev–Trinajstić information content (AvgIpc) is 2.47. The molecule has 2 aromatic rings. The number of rotatable bonds is 3. The third kappa shape index (κ3) is 3.83. The minimum Gasteiger partial charge on any atom is -0.276 e. The molecule has 102 valence electrons. The van der Waals surface area contributed by atoms with Crippen LogP contribution >= 0.6 is 11.9 Å². The second kappa shape index (κ2) is 6.72. The molecule has 3 amide bonds. The van der Waals surface area contributed by atoms with Gasteiger partial charge in [-0.3, -0.25) is 14.8 Å². The summed E-state index contributed by atoms with van der Waals surface area (Å²) in [5.74, 6) is -0.443. The summed E-state index contributed by atoms with van der Waals surface area (Å²) >= 11 is 1.07. The maximum absolute atomic E-state index is 11.7. The number of benzene rings is 1. The van der Waals surface area contributed by atoms with Gasteiger partial charge in [0.15, 0.2) is 0 Å². The number of pyridine rings is 1. The van der Waals surface area contributed by atoms with E-state index in [-0.39, 0.29) is 0 Å². The Hall–Kier alpha value is -2.34. The van der Waals surface area contributed by atoms with Gasteiger partial charge in [-0.25, -0.2) is 9.78 Å². The maximum atomic E-state index is 11.7. The van der Waals surface area contributed by atoms with Crippen LogP contribution in [0, 0.1) is 6.92 Å². The van der Waals surface area contributed by atoms with E-state index in [9.17, 15) is 9.59 Å². The lowest BCUT2D eigenvalue weighted by molar-refractivity contribution is 0.0965. The third-order valence-electron chi connectivity index (χ3n) is 2.46. The summed E-state index contributed by atoms with van der Waals surface area (Å²) in [7, 11) is 0. The zero-order valence-electron chi connectivity index (χ0n) is 10.8. The van der Waals surface area contributed by atoms with Crippen molar-refractivity contribution in [3.8, 4) is 0 Å². The van der Waals surface area contributed by atoms with Crippen LogP contribution in [-0.2, 0) is 0 Å². The van der Waals surface area contributed by atoms with Crippen molar-refractivity contribution < 1.29 is 9.59 Å². The highest BCUT2D eigenvalue weighted by atomic mass is 32.2. The van der Waals surface area contributed by atoms with E-state index in [0.717, 1.165) is 17.5 Å². The molecule has 0 unspecified atom stereocenters. The number of aromatic nitrogens is 1. The number of hydrogen-bond acceptors (Lipinski definition) is 4. The molecule has 0 saturated heterocycles. The Kier molecular flexibility index (Phi) is 4.73. The molecule has 1 aromatic carbocycles. The van der Waals surface area contributed by atoms with E-state index in [1.807, 2.05) is 19.1 Å². The van der Waals surface area contributed by atoms with Gasteiger partial charge in [-0.2, -0.15) is 0 Å². The van der Waals surface area contributed by atoms with Crippen LogP contribution in [0.5, 0.6) is 0 Å². The molecule has 20 heavy (non-hydrogen) atoms. The van der Waals surface area contributed by atoms with E-state index in [2.05, 4.69) is 15.0 Å². The lowest BCUT2D eigenvalue weighted by Gasteiger charge is -2.06. The van der Waals surface area contributed by atoms with E-state index in [4.69, 9.17) is 0 Å². The molecule has 0 aliphatic carbocycles. The number of aryl methyl sites for hydroxylation is 1. The van der Waals surface area contributed by atoms with Gasteiger partial charge in [0.2, 0.25) is 0 Å². The van der Waals surface area contributed by atoms with Crippen LogP contribution in [0.15, 0.2) is 53.7 Å². The van der Waals surface area contributed by atoms with Gasteiger partial charge in [0.05, 0.1) is 0 Å². The zero-order valence-corrected chi connectivity index (χ0v) is 11.6. The first kappa shape index (κ1) is 14.1. The highest BCUT2D eigenvalue weighted by Gasteiger charge is 2.10. The predicted octanol–water partition coefficient (Wildman–Crippen LogP) is 2.54. The highest BCUT2D eigenvalue weighted by molar-refractivity contribution is 7.97. The number of hydrogen-bond donors (Lipinski definition) is 2. The van der Waals surface area contributed by atoms with Crippen molar-refractivity contribution in [2.75, 3.05) is 0 Å². The molecule has 2 N–H and O–H groups in total. The van der Waals surface area contributed by atoms with Gasteiger partial charge in [0.1, 0.15) is 5.03 Å². The Morgan fingerprint density at radius 1 is 1.10 bits per heavy atom. The van der Waals surface area contributed by atoms with Crippen LogP contribution in [0.25, 0.3) is 0 Å². The summed E-state index contributed by atoms with van der Waals surface area (Å²) in [5, 5.41) is 2.94. The largest absolute Gasteiger partial charge is 0.331 e. The van der Waals surface area contributed by atoms with Crippen molar-refractivity contribution in [1.29, 1.82) is 0 Å². The Labute approximate surface area is 120 Å². The molecule has 1 aromatic heterocycles.